The highest BCUT2D eigenvalue weighted by Crippen LogP contribution is 2.12. The van der Waals surface area contributed by atoms with Gasteiger partial charge in [-0.05, 0) is 45.7 Å². The summed E-state index contributed by atoms with van der Waals surface area (Å²) in [6, 6.07) is 11.2. The summed E-state index contributed by atoms with van der Waals surface area (Å²) < 4.78 is 0. The third-order valence-electron chi connectivity index (χ3n) is 3.36. The number of nitrogens with one attached hydrogen (secondary N) is 1. The van der Waals surface area contributed by atoms with E-state index in [1.165, 1.54) is 12.0 Å². The molecular weight excluding hydrogens is 236 g/mol. The molecule has 19 heavy (non-hydrogen) atoms. The van der Waals surface area contributed by atoms with E-state index in [1.54, 1.807) is 0 Å². The second kappa shape index (κ2) is 6.51. The number of hydrogen-bond acceptors (Lipinski definition) is 3. The Kier molecular flexibility index (Phi) is 4.97. The molecule has 0 amide bonds. The fraction of sp³-hybridized carbons (Fsp3) is 0.625. The maximum absolute atomic E-state index is 5.65. The monoisotopic (exact) mass is 262 g/mol. The molecule has 0 aliphatic carbocycles. The van der Waals surface area contributed by atoms with Gasteiger partial charge in [-0.3, -0.25) is 4.84 Å². The number of nitrogens with zero attached hydrogens (tertiary/aromatic N) is 1. The molecule has 0 radical (unpaired) electrons. The van der Waals surface area contributed by atoms with E-state index in [-0.39, 0.29) is 5.60 Å². The number of hydrogen-bond donors (Lipinski definition) is 1. The van der Waals surface area contributed by atoms with Crippen molar-refractivity contribution in [3.63, 3.8) is 0 Å². The Labute approximate surface area is 116 Å². The highest BCUT2D eigenvalue weighted by molar-refractivity contribution is 5.14. The lowest BCUT2D eigenvalue weighted by Crippen LogP contribution is -2.38. The molecule has 106 valence electrons. The zero-order valence-electron chi connectivity index (χ0n) is 12.4. The maximum atomic E-state index is 5.65. The Hall–Kier alpha value is -0.900. The summed E-state index contributed by atoms with van der Waals surface area (Å²) in [7, 11) is 0. The predicted octanol–water partition coefficient (Wildman–Crippen LogP) is 2.62. The molecule has 3 heteroatoms. The van der Waals surface area contributed by atoms with Gasteiger partial charge in [-0.25, -0.2) is 0 Å². The Morgan fingerprint density at radius 3 is 2.68 bits per heavy atom. The molecule has 0 spiro atoms. The number of rotatable bonds is 5. The van der Waals surface area contributed by atoms with Gasteiger partial charge in [0.15, 0.2) is 0 Å². The van der Waals surface area contributed by atoms with Gasteiger partial charge in [0, 0.05) is 19.1 Å². The van der Waals surface area contributed by atoms with Crippen LogP contribution in [0.1, 0.15) is 32.8 Å². The van der Waals surface area contributed by atoms with Crippen LogP contribution in [0.2, 0.25) is 0 Å². The average molecular weight is 262 g/mol. The molecule has 1 aromatic rings. The molecule has 1 aliphatic heterocycles. The van der Waals surface area contributed by atoms with Crippen LogP contribution in [0.25, 0.3) is 0 Å². The molecule has 1 unspecified atom stereocenters. The molecular formula is C16H26N2O. The third-order valence-corrected chi connectivity index (χ3v) is 3.36. The third kappa shape index (κ3) is 5.31. The summed E-state index contributed by atoms with van der Waals surface area (Å²) in [5.74, 6) is 0. The van der Waals surface area contributed by atoms with E-state index in [0.29, 0.717) is 6.04 Å². The second-order valence-corrected chi connectivity index (χ2v) is 6.35. The molecule has 2 rings (SSSR count). The molecule has 1 atom stereocenters. The van der Waals surface area contributed by atoms with Crippen molar-refractivity contribution in [2.24, 2.45) is 0 Å². The van der Waals surface area contributed by atoms with Crippen molar-refractivity contribution in [1.82, 2.24) is 10.4 Å². The largest absolute Gasteiger partial charge is 0.301 e. The zero-order chi connectivity index (χ0) is 13.7. The Bertz CT molecular complexity index is 372. The topological polar surface area (TPSA) is 24.5 Å². The first-order valence-electron chi connectivity index (χ1n) is 7.23. The van der Waals surface area contributed by atoms with Crippen LogP contribution in [0, 0.1) is 0 Å². The molecule has 1 N–H and O–H groups in total. The summed E-state index contributed by atoms with van der Waals surface area (Å²) in [6.07, 6.45) is 2.30. The summed E-state index contributed by atoms with van der Waals surface area (Å²) in [5, 5.41) is 0. The first-order chi connectivity index (χ1) is 9.03. The van der Waals surface area contributed by atoms with Gasteiger partial charge in [0.25, 0.3) is 0 Å². The standard InChI is InChI=1S/C16H26N2O/c1-16(2,3)19-17-15-10-12-18(13-15)11-9-14-7-5-4-6-8-14/h4-8,15,17H,9-13H2,1-3H3. The smallest absolute Gasteiger partial charge is 0.0813 e. The van der Waals surface area contributed by atoms with Crippen LogP contribution in [-0.4, -0.2) is 36.2 Å². The van der Waals surface area contributed by atoms with Crippen molar-refractivity contribution in [1.29, 1.82) is 0 Å². The predicted molar refractivity (Wildman–Crippen MR) is 79.0 cm³/mol. The van der Waals surface area contributed by atoms with Crippen molar-refractivity contribution >= 4 is 0 Å². The van der Waals surface area contributed by atoms with Crippen molar-refractivity contribution < 1.29 is 4.84 Å². The minimum absolute atomic E-state index is 0.114. The second-order valence-electron chi connectivity index (χ2n) is 6.35. The summed E-state index contributed by atoms with van der Waals surface area (Å²) >= 11 is 0. The zero-order valence-corrected chi connectivity index (χ0v) is 12.4. The van der Waals surface area contributed by atoms with E-state index in [2.05, 4.69) is 61.5 Å². The normalized spacial score (nSPS) is 20.9. The van der Waals surface area contributed by atoms with Crippen molar-refractivity contribution in [3.8, 4) is 0 Å². The van der Waals surface area contributed by atoms with E-state index in [9.17, 15) is 0 Å². The lowest BCUT2D eigenvalue weighted by molar-refractivity contribution is -0.0866. The van der Waals surface area contributed by atoms with Gasteiger partial charge in [-0.15, -0.1) is 0 Å². The molecule has 1 aliphatic rings. The lowest BCUT2D eigenvalue weighted by atomic mass is 10.1. The van der Waals surface area contributed by atoms with Crippen LogP contribution in [0.4, 0.5) is 0 Å². The molecule has 0 bridgehead atoms. The molecule has 0 aromatic heterocycles. The Morgan fingerprint density at radius 1 is 1.26 bits per heavy atom. The van der Waals surface area contributed by atoms with Crippen LogP contribution in [0.5, 0.6) is 0 Å². The van der Waals surface area contributed by atoms with Crippen LogP contribution in [-0.2, 0) is 11.3 Å². The van der Waals surface area contributed by atoms with Crippen molar-refractivity contribution in [2.45, 2.75) is 45.3 Å². The quantitative estimate of drug-likeness (QED) is 0.826. The van der Waals surface area contributed by atoms with Gasteiger partial charge in [0.2, 0.25) is 0 Å². The molecule has 1 saturated heterocycles. The van der Waals surface area contributed by atoms with Crippen LogP contribution < -0.4 is 5.48 Å². The summed E-state index contributed by atoms with van der Waals surface area (Å²) in [5.41, 5.74) is 4.52. The summed E-state index contributed by atoms with van der Waals surface area (Å²) in [4.78, 5) is 8.16. The molecule has 1 fully saturated rings. The Morgan fingerprint density at radius 2 is 2.00 bits per heavy atom. The van der Waals surface area contributed by atoms with Crippen molar-refractivity contribution in [3.05, 3.63) is 35.9 Å². The van der Waals surface area contributed by atoms with Gasteiger partial charge in [-0.2, -0.15) is 5.48 Å². The van der Waals surface area contributed by atoms with E-state index in [0.717, 1.165) is 26.1 Å². The number of hydroxylamine groups is 1. The fourth-order valence-corrected chi connectivity index (χ4v) is 2.32. The van der Waals surface area contributed by atoms with Crippen LogP contribution >= 0.6 is 0 Å². The van der Waals surface area contributed by atoms with E-state index >= 15 is 0 Å². The number of likely N-dealkylation sites (tertiary alicyclic amines) is 1. The summed E-state index contributed by atoms with van der Waals surface area (Å²) in [6.45, 7) is 9.60. The minimum Gasteiger partial charge on any atom is -0.301 e. The number of benzene rings is 1. The molecule has 3 nitrogen and oxygen atoms in total. The van der Waals surface area contributed by atoms with E-state index in [1.807, 2.05) is 0 Å². The van der Waals surface area contributed by atoms with Gasteiger partial charge in [-0.1, -0.05) is 30.3 Å². The minimum atomic E-state index is -0.114. The maximum Gasteiger partial charge on any atom is 0.0813 e. The van der Waals surface area contributed by atoms with Crippen LogP contribution in [0.3, 0.4) is 0 Å². The van der Waals surface area contributed by atoms with Gasteiger partial charge >= 0.3 is 0 Å². The molecule has 1 heterocycles. The SMILES string of the molecule is CC(C)(C)ONC1CCN(CCc2ccccc2)C1. The van der Waals surface area contributed by atoms with Crippen molar-refractivity contribution in [2.75, 3.05) is 19.6 Å². The first-order valence-corrected chi connectivity index (χ1v) is 7.23. The van der Waals surface area contributed by atoms with Crippen LogP contribution in [0.15, 0.2) is 30.3 Å². The highest BCUT2D eigenvalue weighted by atomic mass is 16.7. The Balaban J connectivity index is 1.68. The van der Waals surface area contributed by atoms with E-state index < -0.39 is 0 Å². The van der Waals surface area contributed by atoms with E-state index in [4.69, 9.17) is 4.84 Å². The highest BCUT2D eigenvalue weighted by Gasteiger charge is 2.23. The van der Waals surface area contributed by atoms with Gasteiger partial charge in [0.05, 0.1) is 5.60 Å². The molecule has 1 aromatic carbocycles. The van der Waals surface area contributed by atoms with Gasteiger partial charge in [0.1, 0.15) is 0 Å². The average Bonchev–Trinajstić information content (AvgIpc) is 2.82. The fourth-order valence-electron chi connectivity index (χ4n) is 2.32. The molecule has 0 saturated carbocycles. The lowest BCUT2D eigenvalue weighted by Gasteiger charge is -2.23. The van der Waals surface area contributed by atoms with Gasteiger partial charge < -0.3 is 4.90 Å². The first kappa shape index (κ1) is 14.5.